The molecule has 0 bridgehead atoms. The largest absolute Gasteiger partial charge is 0.423 e. The first-order chi connectivity index (χ1) is 12.8. The lowest BCUT2D eigenvalue weighted by molar-refractivity contribution is 0.0734. The van der Waals surface area contributed by atoms with E-state index in [1.165, 1.54) is 12.1 Å². The summed E-state index contributed by atoms with van der Waals surface area (Å²) in [6.45, 7) is 3.60. The second-order valence-electron chi connectivity index (χ2n) is 6.18. The van der Waals surface area contributed by atoms with Crippen LogP contribution in [0, 0.1) is 0 Å². The fourth-order valence-corrected chi connectivity index (χ4v) is 2.83. The summed E-state index contributed by atoms with van der Waals surface area (Å²) < 4.78 is 11.3. The molecule has 1 amide bonds. The first-order valence-corrected chi connectivity index (χ1v) is 8.99. The number of nitrogens with one attached hydrogen (secondary N) is 1. The van der Waals surface area contributed by atoms with Crippen LogP contribution in [0.5, 0.6) is 5.75 Å². The van der Waals surface area contributed by atoms with Gasteiger partial charge >= 0.3 is 11.6 Å². The first-order valence-electron chi connectivity index (χ1n) is 8.20. The predicted molar refractivity (Wildman–Crippen MR) is 104 cm³/mol. The maximum Gasteiger partial charge on any atom is 0.349 e. The van der Waals surface area contributed by atoms with Crippen LogP contribution in [-0.2, 0) is 0 Å². The van der Waals surface area contributed by atoms with Gasteiger partial charge in [0, 0.05) is 22.0 Å². The summed E-state index contributed by atoms with van der Waals surface area (Å²) in [5.74, 6) is -0.799. The molecule has 3 rings (SSSR count). The molecule has 1 N–H and O–H groups in total. The number of carbonyl (C=O) groups excluding carboxylic acids is 2. The van der Waals surface area contributed by atoms with Crippen molar-refractivity contribution >= 4 is 38.8 Å². The van der Waals surface area contributed by atoms with Crippen molar-refractivity contribution in [3.8, 4) is 5.75 Å². The Labute approximate surface area is 163 Å². The molecule has 0 fully saturated rings. The molecule has 1 aromatic heterocycles. The van der Waals surface area contributed by atoms with Crippen molar-refractivity contribution in [2.24, 2.45) is 0 Å². The zero-order chi connectivity index (χ0) is 19.6. The number of fused-ring (bicyclic) bond motifs is 1. The van der Waals surface area contributed by atoms with Gasteiger partial charge in [0.25, 0.3) is 5.91 Å². The van der Waals surface area contributed by atoms with Crippen LogP contribution in [0.15, 0.2) is 62.2 Å². The average Bonchev–Trinajstić information content (AvgIpc) is 2.60. The molecule has 7 heteroatoms. The molecule has 6 nitrogen and oxygen atoms in total. The zero-order valence-corrected chi connectivity index (χ0v) is 16.2. The number of hydrogen-bond donors (Lipinski definition) is 1. The molecule has 3 aromatic rings. The van der Waals surface area contributed by atoms with Crippen molar-refractivity contribution in [1.29, 1.82) is 0 Å². The Bertz CT molecular complexity index is 1090. The standard InChI is InChI=1S/C20H16BrNO5/c1-11(2)22-18(23)16-9-12-6-7-15(10-17(12)27-20(16)25)26-19(24)13-4-3-5-14(21)8-13/h3-11H,1-2H3,(H,22,23). The molecule has 0 spiro atoms. The lowest BCUT2D eigenvalue weighted by Crippen LogP contribution is -2.33. The van der Waals surface area contributed by atoms with Gasteiger partial charge < -0.3 is 14.5 Å². The topological polar surface area (TPSA) is 85.6 Å². The molecule has 0 aliphatic rings. The van der Waals surface area contributed by atoms with Crippen molar-refractivity contribution in [2.45, 2.75) is 19.9 Å². The number of rotatable bonds is 4. The van der Waals surface area contributed by atoms with Crippen LogP contribution in [0.3, 0.4) is 0 Å². The normalized spacial score (nSPS) is 10.8. The lowest BCUT2D eigenvalue weighted by Gasteiger charge is -2.08. The Morgan fingerprint density at radius 3 is 2.59 bits per heavy atom. The molecule has 27 heavy (non-hydrogen) atoms. The highest BCUT2D eigenvalue weighted by Gasteiger charge is 2.15. The van der Waals surface area contributed by atoms with Crippen molar-refractivity contribution in [3.63, 3.8) is 0 Å². The second kappa shape index (κ2) is 7.75. The number of halogens is 1. The molecule has 0 radical (unpaired) electrons. The molecule has 0 unspecified atom stereocenters. The van der Waals surface area contributed by atoms with Crippen molar-refractivity contribution in [1.82, 2.24) is 5.32 Å². The van der Waals surface area contributed by atoms with E-state index in [1.54, 1.807) is 50.2 Å². The van der Waals surface area contributed by atoms with E-state index in [-0.39, 0.29) is 22.9 Å². The highest BCUT2D eigenvalue weighted by atomic mass is 79.9. The summed E-state index contributed by atoms with van der Waals surface area (Å²) in [6.07, 6.45) is 0. The van der Waals surface area contributed by atoms with Crippen LogP contribution < -0.4 is 15.7 Å². The second-order valence-corrected chi connectivity index (χ2v) is 7.09. The number of amides is 1. The fraction of sp³-hybridized carbons (Fsp3) is 0.150. The number of esters is 1. The van der Waals surface area contributed by atoms with Gasteiger partial charge in [-0.2, -0.15) is 0 Å². The van der Waals surface area contributed by atoms with Crippen LogP contribution in [0.1, 0.15) is 34.6 Å². The SMILES string of the molecule is CC(C)NC(=O)c1cc2ccc(OC(=O)c3cccc(Br)c3)cc2oc1=O. The molecular weight excluding hydrogens is 414 g/mol. The van der Waals surface area contributed by atoms with Crippen molar-refractivity contribution in [3.05, 3.63) is 74.6 Å². The third-order valence-corrected chi connectivity index (χ3v) is 4.14. The third-order valence-electron chi connectivity index (χ3n) is 3.64. The third kappa shape index (κ3) is 4.43. The van der Waals surface area contributed by atoms with E-state index in [2.05, 4.69) is 21.2 Å². The Morgan fingerprint density at radius 1 is 1.11 bits per heavy atom. The summed E-state index contributed by atoms with van der Waals surface area (Å²) >= 11 is 3.30. The van der Waals surface area contributed by atoms with E-state index >= 15 is 0 Å². The van der Waals surface area contributed by atoms with Gasteiger partial charge in [0.1, 0.15) is 16.9 Å². The highest BCUT2D eigenvalue weighted by Crippen LogP contribution is 2.22. The molecule has 0 saturated carbocycles. The van der Waals surface area contributed by atoms with Gasteiger partial charge in [-0.25, -0.2) is 9.59 Å². The van der Waals surface area contributed by atoms with Gasteiger partial charge in [-0.05, 0) is 50.2 Å². The van der Waals surface area contributed by atoms with Crippen LogP contribution in [0.25, 0.3) is 11.0 Å². The minimum Gasteiger partial charge on any atom is -0.423 e. The van der Waals surface area contributed by atoms with Crippen LogP contribution >= 0.6 is 15.9 Å². The minimum atomic E-state index is -0.754. The zero-order valence-electron chi connectivity index (χ0n) is 14.6. The summed E-state index contributed by atoms with van der Waals surface area (Å²) in [5.41, 5.74) is -0.224. The van der Waals surface area contributed by atoms with Crippen LogP contribution in [0.2, 0.25) is 0 Å². The van der Waals surface area contributed by atoms with Crippen LogP contribution in [0.4, 0.5) is 0 Å². The number of ether oxygens (including phenoxy) is 1. The maximum absolute atomic E-state index is 12.2. The molecule has 1 heterocycles. The summed E-state index contributed by atoms with van der Waals surface area (Å²) in [7, 11) is 0. The average molecular weight is 430 g/mol. The number of hydrogen-bond acceptors (Lipinski definition) is 5. The Kier molecular flexibility index (Phi) is 5.41. The van der Waals surface area contributed by atoms with E-state index in [9.17, 15) is 14.4 Å². The smallest absolute Gasteiger partial charge is 0.349 e. The van der Waals surface area contributed by atoms with Gasteiger partial charge in [-0.15, -0.1) is 0 Å². The molecule has 0 aliphatic carbocycles. The lowest BCUT2D eigenvalue weighted by atomic mass is 10.1. The minimum absolute atomic E-state index is 0.0740. The fourth-order valence-electron chi connectivity index (χ4n) is 2.43. The Balaban J connectivity index is 1.88. The number of carbonyl (C=O) groups is 2. The van der Waals surface area contributed by atoms with Gasteiger partial charge in [0.15, 0.2) is 0 Å². The molecular formula is C20H16BrNO5. The van der Waals surface area contributed by atoms with Crippen LogP contribution in [-0.4, -0.2) is 17.9 Å². The maximum atomic E-state index is 12.2. The quantitative estimate of drug-likeness (QED) is 0.385. The first kappa shape index (κ1) is 18.8. The molecule has 0 atom stereocenters. The van der Waals surface area contributed by atoms with Crippen molar-refractivity contribution < 1.29 is 18.7 Å². The Hall–Kier alpha value is -2.93. The van der Waals surface area contributed by atoms with Gasteiger partial charge in [-0.3, -0.25) is 4.79 Å². The summed E-state index contributed by atoms with van der Waals surface area (Å²) in [5, 5.41) is 3.20. The highest BCUT2D eigenvalue weighted by molar-refractivity contribution is 9.10. The summed E-state index contributed by atoms with van der Waals surface area (Å²) in [4.78, 5) is 36.4. The van der Waals surface area contributed by atoms with Gasteiger partial charge in [-0.1, -0.05) is 22.0 Å². The molecule has 2 aromatic carbocycles. The van der Waals surface area contributed by atoms with Gasteiger partial charge in [0.2, 0.25) is 0 Å². The molecule has 0 saturated heterocycles. The predicted octanol–water partition coefficient (Wildman–Crippen LogP) is 3.91. The molecule has 138 valence electrons. The van der Waals surface area contributed by atoms with E-state index in [0.717, 1.165) is 4.47 Å². The van der Waals surface area contributed by atoms with Crippen molar-refractivity contribution in [2.75, 3.05) is 0 Å². The molecule has 0 aliphatic heterocycles. The van der Waals surface area contributed by atoms with E-state index in [1.807, 2.05) is 0 Å². The number of benzene rings is 2. The van der Waals surface area contributed by atoms with E-state index in [0.29, 0.717) is 10.9 Å². The van der Waals surface area contributed by atoms with E-state index < -0.39 is 17.5 Å². The van der Waals surface area contributed by atoms with E-state index in [4.69, 9.17) is 9.15 Å². The Morgan fingerprint density at radius 2 is 1.89 bits per heavy atom. The monoisotopic (exact) mass is 429 g/mol. The van der Waals surface area contributed by atoms with Gasteiger partial charge in [0.05, 0.1) is 5.56 Å². The summed E-state index contributed by atoms with van der Waals surface area (Å²) in [6, 6.07) is 12.8.